The van der Waals surface area contributed by atoms with Crippen LogP contribution in [0.5, 0.6) is 0 Å². The fourth-order valence-corrected chi connectivity index (χ4v) is 4.48. The topological polar surface area (TPSA) is 26.8 Å². The van der Waals surface area contributed by atoms with Crippen molar-refractivity contribution in [2.75, 3.05) is 44.2 Å². The largest absolute Gasteiger partial charge is 0.372 e. The van der Waals surface area contributed by atoms with Crippen molar-refractivity contribution in [1.29, 1.82) is 0 Å². The van der Waals surface area contributed by atoms with Crippen LogP contribution in [0.4, 0.5) is 5.69 Å². The lowest BCUT2D eigenvalue weighted by Crippen LogP contribution is -2.43. The van der Waals surface area contributed by atoms with E-state index in [2.05, 4.69) is 39.8 Å². The van der Waals surface area contributed by atoms with Gasteiger partial charge in [-0.3, -0.25) is 9.69 Å². The zero-order chi connectivity index (χ0) is 16.5. The number of anilines is 1. The third kappa shape index (κ3) is 3.04. The Kier molecular flexibility index (Phi) is 4.49. The van der Waals surface area contributed by atoms with Gasteiger partial charge in [0.2, 0.25) is 0 Å². The molecule has 3 aliphatic heterocycles. The number of fused-ring (bicyclic) bond motifs is 1. The molecule has 130 valence electrons. The second-order valence-electron chi connectivity index (χ2n) is 7.61. The second kappa shape index (κ2) is 6.75. The fourth-order valence-electron chi connectivity index (χ4n) is 4.48. The van der Waals surface area contributed by atoms with E-state index in [9.17, 15) is 4.79 Å². The third-order valence-corrected chi connectivity index (χ3v) is 6.08. The van der Waals surface area contributed by atoms with Crippen LogP contribution in [0, 0.1) is 0 Å². The summed E-state index contributed by atoms with van der Waals surface area (Å²) in [6, 6.07) is 7.16. The summed E-state index contributed by atoms with van der Waals surface area (Å²) in [7, 11) is 0. The summed E-state index contributed by atoms with van der Waals surface area (Å²) in [5.41, 5.74) is 3.48. The highest BCUT2D eigenvalue weighted by Crippen LogP contribution is 2.27. The number of amides is 1. The number of carbonyl (C=O) groups is 1. The highest BCUT2D eigenvalue weighted by Gasteiger charge is 2.27. The summed E-state index contributed by atoms with van der Waals surface area (Å²) in [5.74, 6) is 0.232. The molecule has 0 aliphatic carbocycles. The summed E-state index contributed by atoms with van der Waals surface area (Å²) in [5, 5.41) is 0. The van der Waals surface area contributed by atoms with E-state index in [0.29, 0.717) is 6.04 Å². The van der Waals surface area contributed by atoms with Crippen LogP contribution in [0.15, 0.2) is 18.2 Å². The highest BCUT2D eigenvalue weighted by molar-refractivity contribution is 5.97. The minimum atomic E-state index is 0.232. The molecule has 0 spiro atoms. The number of hydrogen-bond acceptors (Lipinski definition) is 3. The first kappa shape index (κ1) is 15.9. The first-order valence-corrected chi connectivity index (χ1v) is 9.63. The first-order valence-electron chi connectivity index (χ1n) is 9.63. The molecule has 1 aromatic carbocycles. The Balaban J connectivity index is 1.42. The molecule has 24 heavy (non-hydrogen) atoms. The Morgan fingerprint density at radius 1 is 1.04 bits per heavy atom. The summed E-state index contributed by atoms with van der Waals surface area (Å²) < 4.78 is 0. The minimum absolute atomic E-state index is 0.232. The number of likely N-dealkylation sites (tertiary alicyclic amines) is 1. The Labute approximate surface area is 145 Å². The fraction of sp³-hybridized carbons (Fsp3) is 0.650. The molecule has 4 rings (SSSR count). The molecule has 3 aliphatic rings. The van der Waals surface area contributed by atoms with Gasteiger partial charge in [-0.1, -0.05) is 0 Å². The van der Waals surface area contributed by atoms with E-state index in [4.69, 9.17) is 0 Å². The van der Waals surface area contributed by atoms with Gasteiger partial charge in [0.05, 0.1) is 0 Å². The molecule has 1 atom stereocenters. The lowest BCUT2D eigenvalue weighted by Gasteiger charge is -2.32. The number of rotatable bonds is 4. The van der Waals surface area contributed by atoms with Crippen molar-refractivity contribution in [3.63, 3.8) is 0 Å². The van der Waals surface area contributed by atoms with Crippen LogP contribution in [0.3, 0.4) is 0 Å². The van der Waals surface area contributed by atoms with Crippen LogP contribution in [0.25, 0.3) is 0 Å². The maximum atomic E-state index is 12.8. The summed E-state index contributed by atoms with van der Waals surface area (Å²) >= 11 is 0. The molecule has 1 amide bonds. The molecule has 2 saturated heterocycles. The minimum Gasteiger partial charge on any atom is -0.372 e. The monoisotopic (exact) mass is 327 g/mol. The van der Waals surface area contributed by atoms with Gasteiger partial charge in [0.25, 0.3) is 5.91 Å². The van der Waals surface area contributed by atoms with E-state index in [1.165, 1.54) is 43.5 Å². The average Bonchev–Trinajstić information content (AvgIpc) is 3.26. The predicted molar refractivity (Wildman–Crippen MR) is 97.8 cm³/mol. The quantitative estimate of drug-likeness (QED) is 0.851. The zero-order valence-electron chi connectivity index (χ0n) is 14.8. The van der Waals surface area contributed by atoms with E-state index < -0.39 is 0 Å². The Bertz CT molecular complexity index is 609. The van der Waals surface area contributed by atoms with E-state index >= 15 is 0 Å². The zero-order valence-corrected chi connectivity index (χ0v) is 14.8. The van der Waals surface area contributed by atoms with Gasteiger partial charge in [-0.15, -0.1) is 0 Å². The normalized spacial score (nSPS) is 24.7. The predicted octanol–water partition coefficient (Wildman–Crippen LogP) is 2.77. The highest BCUT2D eigenvalue weighted by atomic mass is 16.2. The van der Waals surface area contributed by atoms with Crippen LogP contribution in [0.2, 0.25) is 0 Å². The molecule has 0 aromatic heterocycles. The second-order valence-corrected chi connectivity index (χ2v) is 7.61. The van der Waals surface area contributed by atoms with Crippen LogP contribution in [-0.4, -0.2) is 61.0 Å². The van der Waals surface area contributed by atoms with Crippen molar-refractivity contribution in [1.82, 2.24) is 9.80 Å². The van der Waals surface area contributed by atoms with Crippen LogP contribution < -0.4 is 4.90 Å². The van der Waals surface area contributed by atoms with Crippen molar-refractivity contribution in [2.45, 2.75) is 45.1 Å². The molecule has 2 fully saturated rings. The first-order chi connectivity index (χ1) is 11.7. The Morgan fingerprint density at radius 2 is 1.88 bits per heavy atom. The maximum Gasteiger partial charge on any atom is 0.254 e. The van der Waals surface area contributed by atoms with Gasteiger partial charge < -0.3 is 9.80 Å². The summed E-state index contributed by atoms with van der Waals surface area (Å²) in [4.78, 5) is 19.9. The lowest BCUT2D eigenvalue weighted by molar-refractivity contribution is 0.0717. The van der Waals surface area contributed by atoms with Crippen LogP contribution >= 0.6 is 0 Å². The van der Waals surface area contributed by atoms with E-state index in [0.717, 1.165) is 44.7 Å². The van der Waals surface area contributed by atoms with Gasteiger partial charge in [0, 0.05) is 50.0 Å². The number of carbonyl (C=O) groups excluding carboxylic acids is 1. The van der Waals surface area contributed by atoms with Gasteiger partial charge >= 0.3 is 0 Å². The summed E-state index contributed by atoms with van der Waals surface area (Å²) in [6.45, 7) is 8.58. The molecule has 0 N–H and O–H groups in total. The maximum absolute atomic E-state index is 12.8. The molecule has 4 heteroatoms. The van der Waals surface area contributed by atoms with Crippen molar-refractivity contribution in [3.05, 3.63) is 29.3 Å². The van der Waals surface area contributed by atoms with Crippen molar-refractivity contribution in [3.8, 4) is 0 Å². The van der Waals surface area contributed by atoms with E-state index in [1.807, 2.05) is 0 Å². The third-order valence-electron chi connectivity index (χ3n) is 6.08. The number of benzene rings is 1. The van der Waals surface area contributed by atoms with Crippen molar-refractivity contribution in [2.24, 2.45) is 0 Å². The van der Waals surface area contributed by atoms with Crippen LogP contribution in [-0.2, 0) is 6.42 Å². The van der Waals surface area contributed by atoms with Crippen molar-refractivity contribution < 1.29 is 4.79 Å². The van der Waals surface area contributed by atoms with Gasteiger partial charge in [-0.2, -0.15) is 0 Å². The van der Waals surface area contributed by atoms with Gasteiger partial charge in [-0.25, -0.2) is 0 Å². The molecule has 1 aromatic rings. The molecule has 1 unspecified atom stereocenters. The SMILES string of the molecule is CC1CCCN1CCN1CCc2cc(N3CCCC3)ccc2C1=O. The van der Waals surface area contributed by atoms with E-state index in [-0.39, 0.29) is 5.91 Å². The van der Waals surface area contributed by atoms with Gasteiger partial charge in [0.1, 0.15) is 0 Å². The molecule has 0 bridgehead atoms. The average molecular weight is 327 g/mol. The van der Waals surface area contributed by atoms with Crippen LogP contribution in [0.1, 0.15) is 48.5 Å². The molecule has 4 nitrogen and oxygen atoms in total. The molecule has 0 radical (unpaired) electrons. The summed E-state index contributed by atoms with van der Waals surface area (Å²) in [6.07, 6.45) is 6.18. The van der Waals surface area contributed by atoms with Gasteiger partial charge in [-0.05, 0) is 69.3 Å². The Hall–Kier alpha value is -1.55. The molecule has 3 heterocycles. The Morgan fingerprint density at radius 3 is 2.62 bits per heavy atom. The van der Waals surface area contributed by atoms with Crippen molar-refractivity contribution >= 4 is 11.6 Å². The smallest absolute Gasteiger partial charge is 0.254 e. The molecule has 0 saturated carbocycles. The van der Waals surface area contributed by atoms with Gasteiger partial charge in [0.15, 0.2) is 0 Å². The number of nitrogens with zero attached hydrogens (tertiary/aromatic N) is 3. The molecular weight excluding hydrogens is 298 g/mol. The lowest BCUT2D eigenvalue weighted by atomic mass is 9.98. The standard InChI is InChI=1S/C20H29N3O/c1-16-5-4-11-21(16)13-14-23-12-8-17-15-18(22-9-2-3-10-22)6-7-19(17)20(23)24/h6-7,15-16H,2-5,8-14H2,1H3. The number of hydrogen-bond donors (Lipinski definition) is 0. The molecular formula is C20H29N3O. The van der Waals surface area contributed by atoms with E-state index in [1.54, 1.807) is 0 Å².